The van der Waals surface area contributed by atoms with Crippen molar-refractivity contribution < 1.29 is 37.7 Å². The number of nitriles is 2. The number of nitrogens with one attached hydrogen (secondary N) is 1. The number of thioether (sulfide) groups is 1. The van der Waals surface area contributed by atoms with E-state index in [1.807, 2.05) is 53.9 Å². The van der Waals surface area contributed by atoms with Crippen molar-refractivity contribution in [2.45, 2.75) is 36.2 Å². The molecule has 17 heteroatoms. The molecule has 2 aromatic carbocycles. The van der Waals surface area contributed by atoms with Gasteiger partial charge < -0.3 is 25.2 Å². The second-order valence-corrected chi connectivity index (χ2v) is 13.1. The third kappa shape index (κ3) is 11.1. The van der Waals surface area contributed by atoms with Crippen LogP contribution in [0.3, 0.4) is 0 Å². The zero-order valence-electron chi connectivity index (χ0n) is 26.7. The summed E-state index contributed by atoms with van der Waals surface area (Å²) in [5.41, 5.74) is 3.92. The highest BCUT2D eigenvalue weighted by atomic mass is 35.5. The summed E-state index contributed by atoms with van der Waals surface area (Å²) in [7, 11) is 0. The first-order valence-electron chi connectivity index (χ1n) is 15.3. The number of carboxylic acid groups (broad SMARTS) is 2. The Labute approximate surface area is 304 Å². The number of alkyl halides is 3. The summed E-state index contributed by atoms with van der Waals surface area (Å²) in [6.45, 7) is 2.87. The van der Waals surface area contributed by atoms with Gasteiger partial charge in [0.2, 0.25) is 0 Å². The molecule has 0 atom stereocenters. The van der Waals surface area contributed by atoms with E-state index in [2.05, 4.69) is 22.4 Å². The Bertz CT molecular complexity index is 1910. The van der Waals surface area contributed by atoms with E-state index in [1.54, 1.807) is 11.3 Å². The van der Waals surface area contributed by atoms with Crippen LogP contribution in [0.1, 0.15) is 36.1 Å². The highest BCUT2D eigenvalue weighted by Gasteiger charge is 2.38. The van der Waals surface area contributed by atoms with Crippen LogP contribution in [0.2, 0.25) is 5.02 Å². The maximum atomic E-state index is 10.6. The predicted molar refractivity (Wildman–Crippen MR) is 187 cm³/mol. The van der Waals surface area contributed by atoms with E-state index in [0.717, 1.165) is 47.8 Å². The molecule has 0 saturated carbocycles. The number of aliphatic carboxylic acids is 2. The van der Waals surface area contributed by atoms with E-state index >= 15 is 0 Å². The lowest BCUT2D eigenvalue weighted by molar-refractivity contribution is -0.192. The summed E-state index contributed by atoms with van der Waals surface area (Å²) in [5, 5.41) is 43.7. The third-order valence-electron chi connectivity index (χ3n) is 7.22. The lowest BCUT2D eigenvalue weighted by Crippen LogP contribution is -2.23. The van der Waals surface area contributed by atoms with Crippen molar-refractivity contribution in [1.29, 1.82) is 10.5 Å². The number of thiazole rings is 1. The highest BCUT2D eigenvalue weighted by Crippen LogP contribution is 2.40. The normalized spacial score (nSPS) is 12.4. The van der Waals surface area contributed by atoms with Gasteiger partial charge in [0.1, 0.15) is 45.9 Å². The molecular weight excluding hydrogens is 729 g/mol. The smallest absolute Gasteiger partial charge is 0.490 e. The second-order valence-electron chi connectivity index (χ2n) is 10.8. The Kier molecular flexibility index (Phi) is 14.0. The summed E-state index contributed by atoms with van der Waals surface area (Å²) in [4.78, 5) is 31.4. The van der Waals surface area contributed by atoms with Gasteiger partial charge in [0.05, 0.1) is 17.7 Å². The molecule has 1 saturated heterocycles. The van der Waals surface area contributed by atoms with Crippen LogP contribution in [-0.4, -0.2) is 71.1 Å². The van der Waals surface area contributed by atoms with E-state index in [0.29, 0.717) is 63.8 Å². The molecule has 0 aliphatic carbocycles. The van der Waals surface area contributed by atoms with Crippen molar-refractivity contribution in [2.24, 2.45) is 0 Å². The number of anilines is 1. The SMILES string of the molecule is N#Cc1c(SCc2csc(-c3ccc(Cl)cc3)n2)nc(N2CCCC2)c(C#N)c1-c1ccc(OCCNCCC(=O)O)cc1.O=C(O)C(F)(F)F. The fraction of sp³-hybridized carbons (Fsp3) is 0.294. The van der Waals surface area contributed by atoms with E-state index in [9.17, 15) is 28.5 Å². The molecule has 4 aromatic rings. The van der Waals surface area contributed by atoms with Crippen LogP contribution < -0.4 is 15.0 Å². The van der Waals surface area contributed by atoms with Crippen LogP contribution in [0, 0.1) is 22.7 Å². The first kappa shape index (κ1) is 38.9. The topological polar surface area (TPSA) is 172 Å². The molecule has 11 nitrogen and oxygen atoms in total. The van der Waals surface area contributed by atoms with E-state index in [1.165, 1.54) is 11.8 Å². The van der Waals surface area contributed by atoms with Crippen LogP contribution in [-0.2, 0) is 15.3 Å². The number of pyridine rings is 1. The first-order valence-corrected chi connectivity index (χ1v) is 17.6. The molecule has 5 rings (SSSR count). The van der Waals surface area contributed by atoms with Gasteiger partial charge >= 0.3 is 18.1 Å². The van der Waals surface area contributed by atoms with Gasteiger partial charge in [0.15, 0.2) is 0 Å². The van der Waals surface area contributed by atoms with Crippen LogP contribution >= 0.6 is 34.7 Å². The van der Waals surface area contributed by atoms with Gasteiger partial charge in [-0.2, -0.15) is 23.7 Å². The third-order valence-corrected chi connectivity index (χ3v) is 9.42. The van der Waals surface area contributed by atoms with Gasteiger partial charge in [-0.25, -0.2) is 14.8 Å². The monoisotopic (exact) mass is 758 g/mol. The Hall–Kier alpha value is -4.87. The number of carbonyl (C=O) groups is 2. The number of carboxylic acids is 2. The van der Waals surface area contributed by atoms with Crippen molar-refractivity contribution in [2.75, 3.05) is 37.7 Å². The number of aromatic nitrogens is 2. The van der Waals surface area contributed by atoms with Crippen molar-refractivity contribution in [1.82, 2.24) is 15.3 Å². The molecule has 0 radical (unpaired) electrons. The first-order chi connectivity index (χ1) is 24.4. The number of benzene rings is 2. The Morgan fingerprint density at radius 2 is 1.61 bits per heavy atom. The average Bonchev–Trinajstić information content (AvgIpc) is 3.82. The summed E-state index contributed by atoms with van der Waals surface area (Å²) in [6.07, 6.45) is -2.99. The Morgan fingerprint density at radius 1 is 0.980 bits per heavy atom. The van der Waals surface area contributed by atoms with Gasteiger partial charge in [-0.1, -0.05) is 47.6 Å². The standard InChI is InChI=1S/C32H29ClN6O3S2.C2HF3O2/c33-23-7-3-22(4-8-23)31-37-24(19-43-31)20-44-32-27(18-35)29(26(17-34)30(38-32)39-14-1-2-15-39)21-5-9-25(10-6-21)42-16-13-36-12-11-28(40)41;3-2(4,5)1(6)7/h3-10,19,36H,1-2,11-16,20H2,(H,40,41);(H,6,7). The van der Waals surface area contributed by atoms with Crippen LogP contribution in [0.15, 0.2) is 58.9 Å². The zero-order valence-corrected chi connectivity index (χ0v) is 29.1. The number of ether oxygens (including phenoxy) is 1. The number of rotatable bonds is 13. The molecule has 0 spiro atoms. The molecule has 3 heterocycles. The summed E-state index contributed by atoms with van der Waals surface area (Å²) >= 11 is 9.03. The largest absolute Gasteiger partial charge is 0.492 e. The molecule has 0 amide bonds. The van der Waals surface area contributed by atoms with Crippen molar-refractivity contribution in [3.63, 3.8) is 0 Å². The van der Waals surface area contributed by atoms with Crippen LogP contribution in [0.5, 0.6) is 5.75 Å². The van der Waals surface area contributed by atoms with Gasteiger partial charge in [-0.05, 0) is 42.7 Å². The van der Waals surface area contributed by atoms with E-state index in [4.69, 9.17) is 41.3 Å². The Balaban J connectivity index is 0.000000755. The summed E-state index contributed by atoms with van der Waals surface area (Å²) in [5.74, 6) is -1.85. The molecule has 1 aliphatic heterocycles. The highest BCUT2D eigenvalue weighted by molar-refractivity contribution is 7.98. The number of halogens is 4. The molecule has 3 N–H and O–H groups in total. The number of hydrogen-bond acceptors (Lipinski definition) is 11. The second kappa shape index (κ2) is 18.4. The number of nitrogens with zero attached hydrogens (tertiary/aromatic N) is 5. The number of hydrogen-bond donors (Lipinski definition) is 3. The minimum atomic E-state index is -5.08. The van der Waals surface area contributed by atoms with Crippen LogP contribution in [0.4, 0.5) is 19.0 Å². The van der Waals surface area contributed by atoms with Gasteiger partial charge in [-0.3, -0.25) is 4.79 Å². The average molecular weight is 759 g/mol. The fourth-order valence-corrected chi connectivity index (χ4v) is 6.76. The summed E-state index contributed by atoms with van der Waals surface area (Å²) < 4.78 is 37.5. The molecule has 2 aromatic heterocycles. The molecule has 266 valence electrons. The maximum Gasteiger partial charge on any atom is 0.490 e. The van der Waals surface area contributed by atoms with Gasteiger partial charge in [0, 0.05) is 53.5 Å². The van der Waals surface area contributed by atoms with Crippen molar-refractivity contribution in [3.05, 3.63) is 75.8 Å². The lowest BCUT2D eigenvalue weighted by atomic mass is 9.96. The quantitative estimate of drug-likeness (QED) is 0.0923. The van der Waals surface area contributed by atoms with Gasteiger partial charge in [0.25, 0.3) is 0 Å². The summed E-state index contributed by atoms with van der Waals surface area (Å²) in [6, 6.07) is 19.6. The lowest BCUT2D eigenvalue weighted by Gasteiger charge is -2.22. The van der Waals surface area contributed by atoms with E-state index in [-0.39, 0.29) is 6.42 Å². The Morgan fingerprint density at radius 3 is 2.20 bits per heavy atom. The minimum absolute atomic E-state index is 0.0526. The molecule has 1 aliphatic rings. The molecule has 0 unspecified atom stereocenters. The van der Waals surface area contributed by atoms with Crippen molar-refractivity contribution >= 4 is 52.5 Å². The zero-order chi connectivity index (χ0) is 37.0. The molecule has 51 heavy (non-hydrogen) atoms. The van der Waals surface area contributed by atoms with Crippen molar-refractivity contribution in [3.8, 4) is 39.6 Å². The molecule has 0 bridgehead atoms. The fourth-order valence-electron chi connectivity index (χ4n) is 4.83. The predicted octanol–water partition coefficient (Wildman–Crippen LogP) is 7.24. The van der Waals surface area contributed by atoms with E-state index < -0.39 is 18.1 Å². The maximum absolute atomic E-state index is 10.6. The minimum Gasteiger partial charge on any atom is -0.492 e. The van der Waals surface area contributed by atoms with Gasteiger partial charge in [-0.15, -0.1) is 11.3 Å². The van der Waals surface area contributed by atoms with Crippen LogP contribution in [0.25, 0.3) is 21.7 Å². The molecule has 1 fully saturated rings. The molecular formula is C34H30ClF3N6O5S2.